The Morgan fingerprint density at radius 2 is 2.05 bits per heavy atom. The third-order valence-corrected chi connectivity index (χ3v) is 3.79. The Bertz CT molecular complexity index is 608. The number of nitrogens with zero attached hydrogens (tertiary/aromatic N) is 2. The summed E-state index contributed by atoms with van der Waals surface area (Å²) in [6, 6.07) is 6.22. The van der Waals surface area contributed by atoms with Gasteiger partial charge in [0.25, 0.3) is 0 Å². The van der Waals surface area contributed by atoms with Crippen molar-refractivity contribution in [3.8, 4) is 5.75 Å². The Kier molecular flexibility index (Phi) is 5.98. The van der Waals surface area contributed by atoms with E-state index < -0.39 is 0 Å². The van der Waals surface area contributed by atoms with Crippen molar-refractivity contribution in [2.24, 2.45) is 7.05 Å². The molecule has 0 saturated heterocycles. The lowest BCUT2D eigenvalue weighted by atomic mass is 10.1. The van der Waals surface area contributed by atoms with Gasteiger partial charge in [0.2, 0.25) is 0 Å². The summed E-state index contributed by atoms with van der Waals surface area (Å²) >= 11 is 0. The minimum absolute atomic E-state index is 0.579. The maximum Gasteiger partial charge on any atom is 0.124 e. The van der Waals surface area contributed by atoms with Gasteiger partial charge in [-0.1, -0.05) is 6.07 Å². The van der Waals surface area contributed by atoms with E-state index in [0.717, 1.165) is 24.4 Å². The maximum atomic E-state index is 5.50. The normalized spacial score (nSPS) is 10.9. The van der Waals surface area contributed by atoms with Gasteiger partial charge in [-0.05, 0) is 31.5 Å². The molecule has 0 saturated carbocycles. The van der Waals surface area contributed by atoms with Gasteiger partial charge in [0, 0.05) is 43.6 Å². The highest BCUT2D eigenvalue weighted by atomic mass is 16.5. The van der Waals surface area contributed by atoms with Gasteiger partial charge < -0.3 is 14.8 Å². The number of hydrogen-bond donors (Lipinski definition) is 1. The predicted octanol–water partition coefficient (Wildman–Crippen LogP) is 2.56. The van der Waals surface area contributed by atoms with Crippen LogP contribution in [0, 0.1) is 6.92 Å². The second kappa shape index (κ2) is 7.96. The van der Waals surface area contributed by atoms with Crippen molar-refractivity contribution < 1.29 is 9.47 Å². The number of aryl methyl sites for hydroxylation is 1. The van der Waals surface area contributed by atoms with Gasteiger partial charge in [-0.3, -0.25) is 4.68 Å². The molecule has 22 heavy (non-hydrogen) atoms. The SMILES string of the molecule is CCOCc1cc(CNCc2cnn(C)c2C)ccc1OC. The Balaban J connectivity index is 1.96. The van der Waals surface area contributed by atoms with Crippen LogP contribution in [0.15, 0.2) is 24.4 Å². The highest BCUT2D eigenvalue weighted by Gasteiger charge is 2.06. The van der Waals surface area contributed by atoms with E-state index in [1.807, 2.05) is 30.9 Å². The first-order valence-electron chi connectivity index (χ1n) is 7.57. The summed E-state index contributed by atoms with van der Waals surface area (Å²) in [7, 11) is 3.65. The minimum Gasteiger partial charge on any atom is -0.496 e. The first-order chi connectivity index (χ1) is 10.7. The molecular formula is C17H25N3O2. The molecule has 2 aromatic rings. The van der Waals surface area contributed by atoms with Crippen LogP contribution in [0.1, 0.15) is 29.3 Å². The van der Waals surface area contributed by atoms with Crippen LogP contribution in [-0.2, 0) is 31.5 Å². The second-order valence-electron chi connectivity index (χ2n) is 5.27. The fraction of sp³-hybridized carbons (Fsp3) is 0.471. The summed E-state index contributed by atoms with van der Waals surface area (Å²) < 4.78 is 12.8. The number of hydrogen-bond acceptors (Lipinski definition) is 4. The zero-order valence-electron chi connectivity index (χ0n) is 13.8. The van der Waals surface area contributed by atoms with Gasteiger partial charge >= 0.3 is 0 Å². The summed E-state index contributed by atoms with van der Waals surface area (Å²) in [5.74, 6) is 0.875. The predicted molar refractivity (Wildman–Crippen MR) is 86.8 cm³/mol. The molecule has 0 unspecified atom stereocenters. The van der Waals surface area contributed by atoms with Crippen LogP contribution in [0.2, 0.25) is 0 Å². The third kappa shape index (κ3) is 4.08. The van der Waals surface area contributed by atoms with Crippen molar-refractivity contribution in [1.29, 1.82) is 0 Å². The van der Waals surface area contributed by atoms with Gasteiger partial charge in [-0.2, -0.15) is 5.10 Å². The Hall–Kier alpha value is -1.85. The molecule has 5 heteroatoms. The minimum atomic E-state index is 0.579. The standard InChI is InChI=1S/C17H25N3O2/c1-5-22-12-15-8-14(6-7-17(15)21-4)9-18-10-16-11-19-20(3)13(16)2/h6-8,11,18H,5,9-10,12H2,1-4H3. The van der Waals surface area contributed by atoms with Crippen molar-refractivity contribution in [2.75, 3.05) is 13.7 Å². The maximum absolute atomic E-state index is 5.50. The molecule has 0 aliphatic rings. The molecule has 0 fully saturated rings. The fourth-order valence-corrected chi connectivity index (χ4v) is 2.33. The average Bonchev–Trinajstić information content (AvgIpc) is 2.85. The van der Waals surface area contributed by atoms with Crippen molar-refractivity contribution in [1.82, 2.24) is 15.1 Å². The van der Waals surface area contributed by atoms with E-state index in [2.05, 4.69) is 29.5 Å². The summed E-state index contributed by atoms with van der Waals surface area (Å²) in [6.07, 6.45) is 1.91. The lowest BCUT2D eigenvalue weighted by Gasteiger charge is -2.11. The number of nitrogens with one attached hydrogen (secondary N) is 1. The fourth-order valence-electron chi connectivity index (χ4n) is 2.33. The van der Waals surface area contributed by atoms with Gasteiger partial charge in [-0.25, -0.2) is 0 Å². The van der Waals surface area contributed by atoms with Crippen LogP contribution in [0.25, 0.3) is 0 Å². The van der Waals surface area contributed by atoms with E-state index in [1.165, 1.54) is 16.8 Å². The molecule has 0 atom stereocenters. The van der Waals surface area contributed by atoms with Crippen molar-refractivity contribution in [3.05, 3.63) is 46.8 Å². The summed E-state index contributed by atoms with van der Waals surface area (Å²) in [6.45, 7) is 6.97. The van der Waals surface area contributed by atoms with Crippen LogP contribution in [0.5, 0.6) is 5.75 Å². The highest BCUT2D eigenvalue weighted by molar-refractivity contribution is 5.37. The summed E-state index contributed by atoms with van der Waals surface area (Å²) in [4.78, 5) is 0. The van der Waals surface area contributed by atoms with Gasteiger partial charge in [0.05, 0.1) is 19.9 Å². The molecule has 1 N–H and O–H groups in total. The number of rotatable bonds is 8. The van der Waals surface area contributed by atoms with Gasteiger partial charge in [-0.15, -0.1) is 0 Å². The van der Waals surface area contributed by atoms with Crippen LogP contribution in [0.3, 0.4) is 0 Å². The summed E-state index contributed by atoms with van der Waals surface area (Å²) in [5, 5.41) is 7.71. The first-order valence-corrected chi connectivity index (χ1v) is 7.57. The molecule has 120 valence electrons. The largest absolute Gasteiger partial charge is 0.496 e. The Labute approximate surface area is 132 Å². The molecule has 0 spiro atoms. The molecule has 1 aromatic carbocycles. The van der Waals surface area contributed by atoms with Gasteiger partial charge in [0.1, 0.15) is 5.75 Å². The number of methoxy groups -OCH3 is 1. The monoisotopic (exact) mass is 303 g/mol. The highest BCUT2D eigenvalue weighted by Crippen LogP contribution is 2.21. The number of ether oxygens (including phenoxy) is 2. The van der Waals surface area contributed by atoms with E-state index >= 15 is 0 Å². The molecule has 0 aliphatic carbocycles. The van der Waals surface area contributed by atoms with Crippen molar-refractivity contribution in [3.63, 3.8) is 0 Å². The van der Waals surface area contributed by atoms with Crippen LogP contribution in [-0.4, -0.2) is 23.5 Å². The molecule has 0 radical (unpaired) electrons. The van der Waals surface area contributed by atoms with E-state index in [9.17, 15) is 0 Å². The lowest BCUT2D eigenvalue weighted by Crippen LogP contribution is -2.13. The molecule has 5 nitrogen and oxygen atoms in total. The lowest BCUT2D eigenvalue weighted by molar-refractivity contribution is 0.132. The Morgan fingerprint density at radius 3 is 2.68 bits per heavy atom. The first kappa shape index (κ1) is 16.5. The molecule has 1 heterocycles. The van der Waals surface area contributed by atoms with Crippen molar-refractivity contribution in [2.45, 2.75) is 33.5 Å². The molecule has 0 aliphatic heterocycles. The van der Waals surface area contributed by atoms with Crippen LogP contribution >= 0.6 is 0 Å². The number of aromatic nitrogens is 2. The van der Waals surface area contributed by atoms with Gasteiger partial charge in [0.15, 0.2) is 0 Å². The molecule has 1 aromatic heterocycles. The van der Waals surface area contributed by atoms with Crippen LogP contribution < -0.4 is 10.1 Å². The summed E-state index contributed by atoms with van der Waals surface area (Å²) in [5.41, 5.74) is 4.73. The molecule has 0 amide bonds. The van der Waals surface area contributed by atoms with E-state index in [1.54, 1.807) is 7.11 Å². The topological polar surface area (TPSA) is 48.3 Å². The number of benzene rings is 1. The van der Waals surface area contributed by atoms with Crippen LogP contribution in [0.4, 0.5) is 0 Å². The molecular weight excluding hydrogens is 278 g/mol. The quantitative estimate of drug-likeness (QED) is 0.814. The smallest absolute Gasteiger partial charge is 0.124 e. The van der Waals surface area contributed by atoms with E-state index in [0.29, 0.717) is 13.2 Å². The second-order valence-corrected chi connectivity index (χ2v) is 5.27. The zero-order valence-corrected chi connectivity index (χ0v) is 13.8. The van der Waals surface area contributed by atoms with E-state index in [-0.39, 0.29) is 0 Å². The average molecular weight is 303 g/mol. The molecule has 0 bridgehead atoms. The molecule has 2 rings (SSSR count). The Morgan fingerprint density at radius 1 is 1.23 bits per heavy atom. The third-order valence-electron chi connectivity index (χ3n) is 3.79. The zero-order chi connectivity index (χ0) is 15.9. The van der Waals surface area contributed by atoms with E-state index in [4.69, 9.17) is 9.47 Å². The van der Waals surface area contributed by atoms with Crippen molar-refractivity contribution >= 4 is 0 Å².